The molecule has 2 aromatic heterocycles. The van der Waals surface area contributed by atoms with Gasteiger partial charge in [0.1, 0.15) is 0 Å². The van der Waals surface area contributed by atoms with Gasteiger partial charge >= 0.3 is 0 Å². The summed E-state index contributed by atoms with van der Waals surface area (Å²) in [6.45, 7) is 6.63. The van der Waals surface area contributed by atoms with Crippen molar-refractivity contribution in [2.75, 3.05) is 11.5 Å². The average Bonchev–Trinajstić information content (AvgIpc) is 3.32. The summed E-state index contributed by atoms with van der Waals surface area (Å²) in [7, 11) is 0. The van der Waals surface area contributed by atoms with Crippen LogP contribution in [0.3, 0.4) is 0 Å². The summed E-state index contributed by atoms with van der Waals surface area (Å²) >= 11 is 2.65. The van der Waals surface area contributed by atoms with E-state index >= 15 is 0 Å². The summed E-state index contributed by atoms with van der Waals surface area (Å²) in [5, 5.41) is 15.9. The number of nitrogens with zero attached hydrogens (tertiary/aromatic N) is 4. The molecule has 1 aliphatic carbocycles. The van der Waals surface area contributed by atoms with Crippen LogP contribution in [0.15, 0.2) is 34.8 Å². The highest BCUT2D eigenvalue weighted by atomic mass is 32.2. The lowest BCUT2D eigenvalue weighted by molar-refractivity contribution is -0.119. The van der Waals surface area contributed by atoms with Crippen LogP contribution in [0, 0.1) is 0 Å². The van der Waals surface area contributed by atoms with Gasteiger partial charge < -0.3 is 11.1 Å². The molecule has 1 aromatic carbocycles. The van der Waals surface area contributed by atoms with Gasteiger partial charge in [0.2, 0.25) is 11.0 Å². The number of nitrogen functional groups attached to an aromatic ring is 1. The zero-order valence-electron chi connectivity index (χ0n) is 17.4. The molecule has 0 spiro atoms. The van der Waals surface area contributed by atoms with Crippen LogP contribution >= 0.6 is 23.1 Å². The zero-order chi connectivity index (χ0) is 21.3. The molecular weight excluding hydrogens is 416 g/mol. The minimum atomic E-state index is -0.0195. The van der Waals surface area contributed by atoms with Crippen molar-refractivity contribution < 1.29 is 4.79 Å². The van der Waals surface area contributed by atoms with Gasteiger partial charge in [0, 0.05) is 11.3 Å². The van der Waals surface area contributed by atoms with Crippen molar-refractivity contribution in [1.82, 2.24) is 25.3 Å². The fraction of sp³-hybridized carbons (Fsp3) is 0.429. The van der Waals surface area contributed by atoms with E-state index in [0.717, 1.165) is 30.5 Å². The van der Waals surface area contributed by atoms with Crippen LogP contribution in [-0.2, 0) is 16.6 Å². The molecule has 0 radical (unpaired) electrons. The van der Waals surface area contributed by atoms with Gasteiger partial charge in [-0.2, -0.15) is 5.10 Å². The largest absolute Gasteiger partial charge is 0.374 e. The third kappa shape index (κ3) is 4.52. The molecule has 1 amide bonds. The van der Waals surface area contributed by atoms with Crippen molar-refractivity contribution in [3.8, 4) is 5.69 Å². The molecule has 0 fully saturated rings. The molecule has 0 bridgehead atoms. The van der Waals surface area contributed by atoms with E-state index < -0.39 is 0 Å². The Balaban J connectivity index is 1.46. The van der Waals surface area contributed by atoms with E-state index in [4.69, 9.17) is 5.73 Å². The normalized spacial score (nSPS) is 16.3. The van der Waals surface area contributed by atoms with E-state index in [2.05, 4.69) is 65.6 Å². The fourth-order valence-corrected chi connectivity index (χ4v) is 5.12. The number of benzene rings is 1. The molecule has 0 saturated heterocycles. The first-order chi connectivity index (χ1) is 14.3. The molecule has 1 aliphatic rings. The maximum Gasteiger partial charge on any atom is 0.230 e. The van der Waals surface area contributed by atoms with E-state index in [1.165, 1.54) is 34.4 Å². The molecule has 30 heavy (non-hydrogen) atoms. The number of hydrogen-bond donors (Lipinski definition) is 2. The first kappa shape index (κ1) is 20.9. The lowest BCUT2D eigenvalue weighted by Gasteiger charge is -2.24. The van der Waals surface area contributed by atoms with Gasteiger partial charge in [0.05, 0.1) is 23.7 Å². The maximum absolute atomic E-state index is 12.5. The lowest BCUT2D eigenvalue weighted by atomic mass is 9.87. The van der Waals surface area contributed by atoms with Crippen LogP contribution in [0.4, 0.5) is 5.13 Å². The number of aromatic nitrogens is 4. The van der Waals surface area contributed by atoms with Crippen molar-refractivity contribution in [2.45, 2.75) is 55.8 Å². The van der Waals surface area contributed by atoms with Crippen molar-refractivity contribution in [1.29, 1.82) is 0 Å². The first-order valence-corrected chi connectivity index (χ1v) is 11.8. The summed E-state index contributed by atoms with van der Waals surface area (Å²) in [5.41, 5.74) is 10.4. The number of nitrogens with one attached hydrogen (secondary N) is 1. The summed E-state index contributed by atoms with van der Waals surface area (Å²) < 4.78 is 2.72. The predicted molar refractivity (Wildman–Crippen MR) is 121 cm³/mol. The minimum absolute atomic E-state index is 0.0102. The van der Waals surface area contributed by atoms with Crippen molar-refractivity contribution in [2.24, 2.45) is 0 Å². The monoisotopic (exact) mass is 442 g/mol. The van der Waals surface area contributed by atoms with Crippen LogP contribution < -0.4 is 11.1 Å². The van der Waals surface area contributed by atoms with Crippen molar-refractivity contribution >= 4 is 34.1 Å². The topological polar surface area (TPSA) is 98.7 Å². The maximum atomic E-state index is 12.5. The van der Waals surface area contributed by atoms with Gasteiger partial charge in [-0.15, -0.1) is 10.2 Å². The number of amides is 1. The number of rotatable bonds is 5. The molecule has 158 valence electrons. The number of fused-ring (bicyclic) bond motifs is 1. The molecule has 9 heteroatoms. The van der Waals surface area contributed by atoms with Crippen LogP contribution in [0.1, 0.15) is 56.5 Å². The quantitative estimate of drug-likeness (QED) is 0.582. The van der Waals surface area contributed by atoms with Gasteiger partial charge in [-0.3, -0.25) is 4.79 Å². The molecule has 0 saturated carbocycles. The highest BCUT2D eigenvalue weighted by Gasteiger charge is 2.26. The third-order valence-corrected chi connectivity index (χ3v) is 7.13. The summed E-state index contributed by atoms with van der Waals surface area (Å²) in [6, 6.07) is 8.58. The molecule has 1 unspecified atom stereocenters. The van der Waals surface area contributed by atoms with Crippen molar-refractivity contribution in [3.05, 3.63) is 47.3 Å². The second kappa shape index (κ2) is 8.39. The molecule has 3 aromatic rings. The molecular formula is C21H26N6OS2. The van der Waals surface area contributed by atoms with Gasteiger partial charge in [0.25, 0.3) is 0 Å². The Hall–Kier alpha value is -2.39. The van der Waals surface area contributed by atoms with Crippen molar-refractivity contribution in [3.63, 3.8) is 0 Å². The number of nitrogens with two attached hydrogens (primary N) is 1. The molecule has 2 heterocycles. The Kier molecular flexibility index (Phi) is 5.84. The molecule has 7 nitrogen and oxygen atoms in total. The highest BCUT2D eigenvalue weighted by molar-refractivity contribution is 8.01. The number of anilines is 1. The van der Waals surface area contributed by atoms with E-state index in [9.17, 15) is 4.79 Å². The second-order valence-corrected chi connectivity index (χ2v) is 10.7. The lowest BCUT2D eigenvalue weighted by Crippen LogP contribution is -2.32. The SMILES string of the molecule is CC(C)(C)c1ccc(-n2ncc3c2CCCC3NC(=O)CSc2nnc(N)s2)cc1. The van der Waals surface area contributed by atoms with Crippen LogP contribution in [0.5, 0.6) is 0 Å². The van der Waals surface area contributed by atoms with Gasteiger partial charge in [0.15, 0.2) is 4.34 Å². The number of thioether (sulfide) groups is 1. The van der Waals surface area contributed by atoms with E-state index in [-0.39, 0.29) is 17.4 Å². The van der Waals surface area contributed by atoms with E-state index in [0.29, 0.717) is 15.2 Å². The molecule has 3 N–H and O–H groups in total. The van der Waals surface area contributed by atoms with E-state index in [1.54, 1.807) is 0 Å². The van der Waals surface area contributed by atoms with Crippen LogP contribution in [0.25, 0.3) is 5.69 Å². The summed E-state index contributed by atoms with van der Waals surface area (Å²) in [6.07, 6.45) is 4.80. The average molecular weight is 443 g/mol. The van der Waals surface area contributed by atoms with Crippen LogP contribution in [-0.4, -0.2) is 31.6 Å². The third-order valence-electron chi connectivity index (χ3n) is 5.24. The Bertz CT molecular complexity index is 1030. The summed E-state index contributed by atoms with van der Waals surface area (Å²) in [4.78, 5) is 12.5. The van der Waals surface area contributed by atoms with Gasteiger partial charge in [-0.05, 0) is 42.4 Å². The van der Waals surface area contributed by atoms with Gasteiger partial charge in [-0.25, -0.2) is 4.68 Å². The van der Waals surface area contributed by atoms with Gasteiger partial charge in [-0.1, -0.05) is 56.0 Å². The number of carbonyl (C=O) groups is 1. The first-order valence-electron chi connectivity index (χ1n) is 10.00. The number of carbonyl (C=O) groups excluding carboxylic acids is 1. The highest BCUT2D eigenvalue weighted by Crippen LogP contribution is 2.32. The molecule has 1 atom stereocenters. The fourth-order valence-electron chi connectivity index (χ4n) is 3.67. The minimum Gasteiger partial charge on any atom is -0.374 e. The zero-order valence-corrected chi connectivity index (χ0v) is 19.0. The Morgan fingerprint density at radius 1 is 1.30 bits per heavy atom. The van der Waals surface area contributed by atoms with Crippen LogP contribution in [0.2, 0.25) is 0 Å². The number of hydrogen-bond acceptors (Lipinski definition) is 7. The second-order valence-electron chi connectivity index (χ2n) is 8.46. The Morgan fingerprint density at radius 2 is 2.07 bits per heavy atom. The van der Waals surface area contributed by atoms with E-state index in [1.807, 2.05) is 10.9 Å². The Morgan fingerprint density at radius 3 is 2.73 bits per heavy atom. The molecule has 0 aliphatic heterocycles. The summed E-state index contributed by atoms with van der Waals surface area (Å²) in [5.74, 6) is 0.275. The molecule has 4 rings (SSSR count). The standard InChI is InChI=1S/C21H26N6OS2/c1-21(2,3)13-7-9-14(10-8-13)27-17-6-4-5-16(15(17)11-23-27)24-18(28)12-29-20-26-25-19(22)30-20/h7-11,16H,4-6,12H2,1-3H3,(H2,22,25)(H,24,28). The predicted octanol–water partition coefficient (Wildman–Crippen LogP) is 3.89. The smallest absolute Gasteiger partial charge is 0.230 e. The Labute approximate surface area is 184 Å².